The Morgan fingerprint density at radius 2 is 2.24 bits per heavy atom. The molecule has 5 nitrogen and oxygen atoms in total. The van der Waals surface area contributed by atoms with Crippen molar-refractivity contribution < 1.29 is 4.79 Å². The third-order valence-corrected chi connectivity index (χ3v) is 2.58. The summed E-state index contributed by atoms with van der Waals surface area (Å²) >= 11 is 0. The number of amides is 1. The second-order valence-electron chi connectivity index (χ2n) is 3.73. The molecule has 0 aliphatic heterocycles. The van der Waals surface area contributed by atoms with E-state index in [2.05, 4.69) is 5.32 Å². The smallest absolute Gasteiger partial charge is 0.268 e. The molecule has 1 aromatic heterocycles. The largest absolute Gasteiger partial charge is 0.359 e. The van der Waals surface area contributed by atoms with Crippen molar-refractivity contribution in [3.05, 3.63) is 33.7 Å². The lowest BCUT2D eigenvalue weighted by Crippen LogP contribution is -2.25. The van der Waals surface area contributed by atoms with Gasteiger partial charge in [0, 0.05) is 25.7 Å². The van der Waals surface area contributed by atoms with Crippen molar-refractivity contribution >= 4 is 5.91 Å². The monoisotopic (exact) mass is 233 g/mol. The number of aryl methyl sites for hydroxylation is 1. The lowest BCUT2D eigenvalue weighted by atomic mass is 10.2. The number of pyridine rings is 1. The molecule has 0 aliphatic rings. The van der Waals surface area contributed by atoms with Crippen molar-refractivity contribution in [2.24, 2.45) is 0 Å². The zero-order valence-corrected chi connectivity index (χ0v) is 9.99. The molecule has 1 aromatic rings. The number of aromatic nitrogens is 1. The molecule has 5 heteroatoms. The van der Waals surface area contributed by atoms with E-state index in [4.69, 9.17) is 5.26 Å². The summed E-state index contributed by atoms with van der Waals surface area (Å²) in [5.74, 6) is -0.0489. The van der Waals surface area contributed by atoms with Crippen LogP contribution in [0.3, 0.4) is 0 Å². The molecule has 0 aromatic carbocycles. The average molecular weight is 233 g/mol. The topological polar surface area (TPSA) is 74.9 Å². The van der Waals surface area contributed by atoms with Crippen LogP contribution in [0.15, 0.2) is 16.9 Å². The second-order valence-corrected chi connectivity index (χ2v) is 3.73. The summed E-state index contributed by atoms with van der Waals surface area (Å²) in [7, 11) is 1.58. The Balaban J connectivity index is 2.81. The minimum Gasteiger partial charge on any atom is -0.359 e. The molecule has 0 unspecified atom stereocenters. The molecule has 0 saturated heterocycles. The van der Waals surface area contributed by atoms with Gasteiger partial charge in [-0.05, 0) is 25.5 Å². The standard InChI is InChI=1S/C12H15N3O2/c1-9-5-6-10(8-13)12(17)15(9)7-3-4-11(16)14-2/h5-6H,3-4,7H2,1-2H3,(H,14,16). The first-order valence-electron chi connectivity index (χ1n) is 5.41. The third-order valence-electron chi connectivity index (χ3n) is 2.58. The minimum absolute atomic E-state index is 0.0489. The number of carbonyl (C=O) groups excluding carboxylic acids is 1. The van der Waals surface area contributed by atoms with E-state index in [1.165, 1.54) is 10.6 Å². The molecule has 1 rings (SSSR count). The summed E-state index contributed by atoms with van der Waals surface area (Å²) in [6.45, 7) is 2.26. The number of nitrogens with zero attached hydrogens (tertiary/aromatic N) is 2. The number of nitrogens with one attached hydrogen (secondary N) is 1. The predicted octanol–water partition coefficient (Wildman–Crippen LogP) is 0.555. The zero-order chi connectivity index (χ0) is 12.8. The lowest BCUT2D eigenvalue weighted by molar-refractivity contribution is -0.120. The fraction of sp³-hybridized carbons (Fsp3) is 0.417. The van der Waals surface area contributed by atoms with Crippen LogP contribution >= 0.6 is 0 Å². The van der Waals surface area contributed by atoms with E-state index in [-0.39, 0.29) is 17.0 Å². The van der Waals surface area contributed by atoms with Gasteiger partial charge in [-0.1, -0.05) is 0 Å². The van der Waals surface area contributed by atoms with Crippen LogP contribution in [0.25, 0.3) is 0 Å². The lowest BCUT2D eigenvalue weighted by Gasteiger charge is -2.09. The van der Waals surface area contributed by atoms with Crippen LogP contribution in [0.2, 0.25) is 0 Å². The van der Waals surface area contributed by atoms with Crippen molar-refractivity contribution in [1.29, 1.82) is 5.26 Å². The molecule has 17 heavy (non-hydrogen) atoms. The maximum Gasteiger partial charge on any atom is 0.268 e. The first-order valence-corrected chi connectivity index (χ1v) is 5.41. The molecule has 0 aliphatic carbocycles. The molecule has 0 bridgehead atoms. The summed E-state index contributed by atoms with van der Waals surface area (Å²) in [4.78, 5) is 22.9. The van der Waals surface area contributed by atoms with Gasteiger partial charge < -0.3 is 9.88 Å². The Morgan fingerprint density at radius 1 is 1.53 bits per heavy atom. The molecule has 0 atom stereocenters. The maximum atomic E-state index is 11.8. The van der Waals surface area contributed by atoms with Crippen LogP contribution in [0.5, 0.6) is 0 Å². The minimum atomic E-state index is -0.288. The van der Waals surface area contributed by atoms with Gasteiger partial charge in [0.1, 0.15) is 11.6 Å². The van der Waals surface area contributed by atoms with Crippen LogP contribution in [-0.2, 0) is 11.3 Å². The zero-order valence-electron chi connectivity index (χ0n) is 9.99. The van der Waals surface area contributed by atoms with E-state index in [1.54, 1.807) is 13.1 Å². The fourth-order valence-electron chi connectivity index (χ4n) is 1.56. The van der Waals surface area contributed by atoms with Crippen molar-refractivity contribution in [3.8, 4) is 6.07 Å². The van der Waals surface area contributed by atoms with E-state index in [0.29, 0.717) is 19.4 Å². The molecule has 0 spiro atoms. The summed E-state index contributed by atoms with van der Waals surface area (Å²) in [6, 6.07) is 5.12. The van der Waals surface area contributed by atoms with Crippen LogP contribution in [0.4, 0.5) is 0 Å². The van der Waals surface area contributed by atoms with Gasteiger partial charge in [-0.2, -0.15) is 5.26 Å². The Morgan fingerprint density at radius 3 is 2.82 bits per heavy atom. The molecule has 0 fully saturated rings. The highest BCUT2D eigenvalue weighted by Gasteiger charge is 2.06. The highest BCUT2D eigenvalue weighted by Crippen LogP contribution is 2.00. The summed E-state index contributed by atoms with van der Waals surface area (Å²) < 4.78 is 1.53. The van der Waals surface area contributed by atoms with E-state index < -0.39 is 0 Å². The second kappa shape index (κ2) is 5.85. The highest BCUT2D eigenvalue weighted by atomic mass is 16.1. The first-order chi connectivity index (χ1) is 8.10. The van der Waals surface area contributed by atoms with Gasteiger partial charge in [0.25, 0.3) is 5.56 Å². The summed E-state index contributed by atoms with van der Waals surface area (Å²) in [5, 5.41) is 11.3. The molecule has 90 valence electrons. The average Bonchev–Trinajstić information content (AvgIpc) is 2.33. The Labute approximate surface area is 99.7 Å². The molecule has 1 amide bonds. The van der Waals surface area contributed by atoms with Crippen molar-refractivity contribution in [2.45, 2.75) is 26.3 Å². The molecule has 0 saturated carbocycles. The maximum absolute atomic E-state index is 11.8. The molecule has 0 radical (unpaired) electrons. The van der Waals surface area contributed by atoms with Crippen molar-refractivity contribution in [1.82, 2.24) is 9.88 Å². The number of hydrogen-bond donors (Lipinski definition) is 1. The van der Waals surface area contributed by atoms with E-state index in [9.17, 15) is 9.59 Å². The van der Waals surface area contributed by atoms with E-state index in [0.717, 1.165) is 5.69 Å². The van der Waals surface area contributed by atoms with Crippen LogP contribution < -0.4 is 10.9 Å². The number of rotatable bonds is 4. The Bertz CT molecular complexity index is 511. The normalized spacial score (nSPS) is 9.71. The van der Waals surface area contributed by atoms with E-state index in [1.807, 2.05) is 13.0 Å². The van der Waals surface area contributed by atoms with Gasteiger partial charge in [-0.3, -0.25) is 9.59 Å². The van der Waals surface area contributed by atoms with Crippen molar-refractivity contribution in [2.75, 3.05) is 7.05 Å². The van der Waals surface area contributed by atoms with Crippen LogP contribution in [0.1, 0.15) is 24.1 Å². The van der Waals surface area contributed by atoms with Gasteiger partial charge in [-0.25, -0.2) is 0 Å². The summed E-state index contributed by atoms with van der Waals surface area (Å²) in [6.07, 6.45) is 0.953. The van der Waals surface area contributed by atoms with Gasteiger partial charge in [-0.15, -0.1) is 0 Å². The molecule has 1 N–H and O–H groups in total. The Kier molecular flexibility index (Phi) is 4.46. The van der Waals surface area contributed by atoms with Gasteiger partial charge in [0.2, 0.25) is 5.91 Å². The number of hydrogen-bond acceptors (Lipinski definition) is 3. The summed E-state index contributed by atoms with van der Waals surface area (Å²) in [5.41, 5.74) is 0.644. The SMILES string of the molecule is CNC(=O)CCCn1c(C)ccc(C#N)c1=O. The van der Waals surface area contributed by atoms with E-state index >= 15 is 0 Å². The van der Waals surface area contributed by atoms with Gasteiger partial charge >= 0.3 is 0 Å². The quantitative estimate of drug-likeness (QED) is 0.825. The first kappa shape index (κ1) is 13.0. The van der Waals surface area contributed by atoms with Gasteiger partial charge in [0.05, 0.1) is 0 Å². The molecular weight excluding hydrogens is 218 g/mol. The number of nitriles is 1. The van der Waals surface area contributed by atoms with Gasteiger partial charge in [0.15, 0.2) is 0 Å². The Hall–Kier alpha value is -2.09. The highest BCUT2D eigenvalue weighted by molar-refractivity contribution is 5.75. The number of carbonyl (C=O) groups is 1. The van der Waals surface area contributed by atoms with Crippen LogP contribution in [0, 0.1) is 18.3 Å². The third kappa shape index (κ3) is 3.18. The van der Waals surface area contributed by atoms with Crippen LogP contribution in [-0.4, -0.2) is 17.5 Å². The van der Waals surface area contributed by atoms with Crippen molar-refractivity contribution in [3.63, 3.8) is 0 Å². The molecular formula is C12H15N3O2. The fourth-order valence-corrected chi connectivity index (χ4v) is 1.56. The predicted molar refractivity (Wildman–Crippen MR) is 63.5 cm³/mol. The molecule has 1 heterocycles.